The van der Waals surface area contributed by atoms with E-state index in [0.717, 1.165) is 38.5 Å². The Morgan fingerprint density at radius 3 is 1.96 bits per heavy atom. The van der Waals surface area contributed by atoms with Gasteiger partial charge in [-0.2, -0.15) is 0 Å². The van der Waals surface area contributed by atoms with E-state index < -0.39 is 110 Å². The van der Waals surface area contributed by atoms with E-state index in [-0.39, 0.29) is 34.0 Å². The van der Waals surface area contributed by atoms with Crippen molar-refractivity contribution in [3.05, 3.63) is 11.6 Å². The van der Waals surface area contributed by atoms with Gasteiger partial charge >= 0.3 is 0 Å². The quantitative estimate of drug-likeness (QED) is 0.124. The molecular formula is C42H72O15. The fourth-order valence-corrected chi connectivity index (χ4v) is 12.7. The highest BCUT2D eigenvalue weighted by molar-refractivity contribution is 5.30. The Bertz CT molecular complexity index is 1440. The predicted octanol–water partition coefficient (Wildman–Crippen LogP) is 0.0906. The molecule has 0 aromatic rings. The maximum Gasteiger partial charge on any atom is 0.187 e. The second-order valence-corrected chi connectivity index (χ2v) is 20.4. The number of aliphatic hydroxyl groups is 11. The van der Waals surface area contributed by atoms with Crippen LogP contribution in [0, 0.1) is 45.3 Å². The summed E-state index contributed by atoms with van der Waals surface area (Å²) in [6.07, 6.45) is -11.0. The SMILES string of the molecule is C[C@@H](C1CCC2(C)C3CC=C4C(CCC(O[C@@H]5O[C@H](CO[C@@H]6O[C@H](CO)[C@H](O)[C@H](O)[C@H]6O)[C@H](O)[C@H](O)[C@H]5O)C4(C)C)C3(C)CCC12C)[C@H](O)[C@@H](O)[C@@H](O)C(C)(C)O. The first-order valence-electron chi connectivity index (χ1n) is 21.1. The minimum absolute atomic E-state index is 0.0258. The lowest BCUT2D eigenvalue weighted by atomic mass is 9.39. The number of hydrogen-bond donors (Lipinski definition) is 11. The van der Waals surface area contributed by atoms with Gasteiger partial charge < -0.3 is 75.1 Å². The van der Waals surface area contributed by atoms with E-state index in [1.807, 2.05) is 6.92 Å². The van der Waals surface area contributed by atoms with E-state index in [1.54, 1.807) is 0 Å². The molecule has 4 aliphatic carbocycles. The van der Waals surface area contributed by atoms with Crippen molar-refractivity contribution >= 4 is 0 Å². The molecule has 0 aromatic heterocycles. The summed E-state index contributed by atoms with van der Waals surface area (Å²) in [6.45, 7) is 15.2. The average molecular weight is 817 g/mol. The Morgan fingerprint density at radius 2 is 1.35 bits per heavy atom. The molecule has 3 saturated carbocycles. The second-order valence-electron chi connectivity index (χ2n) is 20.4. The molecule has 0 bridgehead atoms. The summed E-state index contributed by atoms with van der Waals surface area (Å²) in [5.41, 5.74) is -0.959. The molecule has 0 aromatic carbocycles. The lowest BCUT2D eigenvalue weighted by Gasteiger charge is -2.66. The Morgan fingerprint density at radius 1 is 0.754 bits per heavy atom. The van der Waals surface area contributed by atoms with E-state index in [1.165, 1.54) is 19.4 Å². The number of ether oxygens (including phenoxy) is 4. The van der Waals surface area contributed by atoms with Crippen molar-refractivity contribution in [3.8, 4) is 0 Å². The number of hydrogen-bond acceptors (Lipinski definition) is 15. The van der Waals surface area contributed by atoms with Crippen LogP contribution in [0.3, 0.4) is 0 Å². The maximum absolute atomic E-state index is 11.4. The molecule has 0 amide bonds. The third-order valence-electron chi connectivity index (χ3n) is 16.7. The zero-order chi connectivity index (χ0) is 42.4. The summed E-state index contributed by atoms with van der Waals surface area (Å²) in [5, 5.41) is 116. The highest BCUT2D eigenvalue weighted by Crippen LogP contribution is 2.75. The topological polar surface area (TPSA) is 259 Å². The Labute approximate surface area is 336 Å². The molecule has 0 spiro atoms. The van der Waals surface area contributed by atoms with Crippen molar-refractivity contribution in [2.24, 2.45) is 45.3 Å². The summed E-state index contributed by atoms with van der Waals surface area (Å²) in [7, 11) is 0. The van der Waals surface area contributed by atoms with E-state index in [2.05, 4.69) is 40.7 Å². The van der Waals surface area contributed by atoms with Gasteiger partial charge in [0, 0.05) is 5.41 Å². The van der Waals surface area contributed by atoms with Gasteiger partial charge in [0.05, 0.1) is 31.0 Å². The molecule has 5 fully saturated rings. The molecule has 0 radical (unpaired) electrons. The van der Waals surface area contributed by atoms with Crippen molar-refractivity contribution < 1.29 is 75.1 Å². The van der Waals surface area contributed by atoms with Gasteiger partial charge in [0.25, 0.3) is 0 Å². The van der Waals surface area contributed by atoms with Crippen LogP contribution in [0.5, 0.6) is 0 Å². The first-order chi connectivity index (χ1) is 26.4. The molecule has 6 rings (SSSR count). The summed E-state index contributed by atoms with van der Waals surface area (Å²) in [6, 6.07) is 0. The van der Waals surface area contributed by atoms with Gasteiger partial charge in [0.2, 0.25) is 0 Å². The van der Waals surface area contributed by atoms with Crippen LogP contribution in [0.1, 0.15) is 100 Å². The number of allylic oxidation sites excluding steroid dienone is 1. The molecule has 2 aliphatic heterocycles. The number of aliphatic hydroxyl groups excluding tert-OH is 10. The first kappa shape index (κ1) is 45.7. The van der Waals surface area contributed by atoms with E-state index in [9.17, 15) is 56.2 Å². The normalized spacial score (nSPS) is 49.5. The smallest absolute Gasteiger partial charge is 0.187 e. The minimum atomic E-state index is -1.67. The van der Waals surface area contributed by atoms with Gasteiger partial charge in [-0.25, -0.2) is 0 Å². The van der Waals surface area contributed by atoms with E-state index >= 15 is 0 Å². The van der Waals surface area contributed by atoms with Gasteiger partial charge in [0.1, 0.15) is 61.0 Å². The summed E-state index contributed by atoms with van der Waals surface area (Å²) >= 11 is 0. The first-order valence-corrected chi connectivity index (χ1v) is 21.1. The monoisotopic (exact) mass is 816 g/mol. The van der Waals surface area contributed by atoms with Crippen LogP contribution in [-0.4, -0.2) is 161 Å². The van der Waals surface area contributed by atoms with Crippen LogP contribution in [-0.2, 0) is 18.9 Å². The molecule has 57 heavy (non-hydrogen) atoms. The third-order valence-corrected chi connectivity index (χ3v) is 16.7. The molecule has 11 N–H and O–H groups in total. The van der Waals surface area contributed by atoms with E-state index in [0.29, 0.717) is 12.3 Å². The maximum atomic E-state index is 11.4. The van der Waals surface area contributed by atoms with Crippen LogP contribution in [0.15, 0.2) is 11.6 Å². The largest absolute Gasteiger partial charge is 0.394 e. The summed E-state index contributed by atoms with van der Waals surface area (Å²) < 4.78 is 23.6. The van der Waals surface area contributed by atoms with Crippen molar-refractivity contribution in [1.29, 1.82) is 0 Å². The number of rotatable bonds is 11. The molecule has 330 valence electrons. The highest BCUT2D eigenvalue weighted by Gasteiger charge is 2.68. The molecular weight excluding hydrogens is 744 g/mol. The second kappa shape index (κ2) is 16.1. The zero-order valence-corrected chi connectivity index (χ0v) is 34.9. The average Bonchev–Trinajstić information content (AvgIpc) is 3.43. The molecule has 7 unspecified atom stereocenters. The van der Waals surface area contributed by atoms with Crippen LogP contribution >= 0.6 is 0 Å². The predicted molar refractivity (Wildman–Crippen MR) is 204 cm³/mol. The van der Waals surface area contributed by atoms with Gasteiger partial charge in [-0.1, -0.05) is 53.2 Å². The van der Waals surface area contributed by atoms with Gasteiger partial charge in [-0.05, 0) is 98.7 Å². The Kier molecular flexibility index (Phi) is 12.9. The molecule has 6 aliphatic rings. The standard InChI is InChI=1S/C42H72O15/c1-19(27(44)32(49)35(52)39(4,5)53)20-13-14-42(8)25-11-9-21-22(40(25,6)15-16-41(20,42)7)10-12-26(38(21,2)3)57-37-34(51)31(48)29(46)24(56-37)18-54-36-33(50)30(47)28(45)23(17-43)55-36/h9,19-20,22-37,43-53H,10-18H2,1-8H3/t19-,20?,22?,23+,24+,25?,26?,27-,28-,29-,30-,31-,32+,33+,34+,35+,36+,37-,40?,41?,42?/m0/s1. The summed E-state index contributed by atoms with van der Waals surface area (Å²) in [4.78, 5) is 0. The number of fused-ring (bicyclic) bond motifs is 5. The minimum Gasteiger partial charge on any atom is -0.394 e. The fraction of sp³-hybridized carbons (Fsp3) is 0.952. The molecule has 15 nitrogen and oxygen atoms in total. The van der Waals surface area contributed by atoms with Gasteiger partial charge in [-0.3, -0.25) is 0 Å². The van der Waals surface area contributed by atoms with Crippen molar-refractivity contribution in [2.75, 3.05) is 13.2 Å². The van der Waals surface area contributed by atoms with Crippen molar-refractivity contribution in [1.82, 2.24) is 0 Å². The lowest BCUT2D eigenvalue weighted by Crippen LogP contribution is -2.63. The Hall–Kier alpha value is -0.860. The fourth-order valence-electron chi connectivity index (χ4n) is 12.7. The van der Waals surface area contributed by atoms with Crippen molar-refractivity contribution in [3.63, 3.8) is 0 Å². The van der Waals surface area contributed by atoms with Gasteiger partial charge in [0.15, 0.2) is 12.6 Å². The molecule has 2 saturated heterocycles. The Balaban J connectivity index is 1.15. The van der Waals surface area contributed by atoms with Crippen LogP contribution < -0.4 is 0 Å². The van der Waals surface area contributed by atoms with Crippen LogP contribution in [0.4, 0.5) is 0 Å². The summed E-state index contributed by atoms with van der Waals surface area (Å²) in [5.74, 6) is 0.434. The zero-order valence-electron chi connectivity index (χ0n) is 34.9. The van der Waals surface area contributed by atoms with Crippen molar-refractivity contribution in [2.45, 2.75) is 192 Å². The lowest BCUT2D eigenvalue weighted by molar-refractivity contribution is -0.340. The third kappa shape index (κ3) is 7.49. The van der Waals surface area contributed by atoms with Gasteiger partial charge in [-0.15, -0.1) is 0 Å². The molecule has 2 heterocycles. The van der Waals surface area contributed by atoms with Crippen LogP contribution in [0.2, 0.25) is 0 Å². The van der Waals surface area contributed by atoms with E-state index in [4.69, 9.17) is 18.9 Å². The highest BCUT2D eigenvalue weighted by atomic mass is 16.7. The molecule has 15 heteroatoms. The van der Waals surface area contributed by atoms with Crippen LogP contribution in [0.25, 0.3) is 0 Å². The molecule has 21 atom stereocenters.